The number of hydrogen-bond donors (Lipinski definition) is 2. The number of benzene rings is 1. The Balaban J connectivity index is 2.79. The molecule has 1 rings (SSSR count). The van der Waals surface area contributed by atoms with Crippen LogP contribution in [0.1, 0.15) is 40.0 Å². The van der Waals surface area contributed by atoms with Crippen molar-refractivity contribution in [3.63, 3.8) is 0 Å². The number of aliphatic carboxylic acids is 1. The minimum absolute atomic E-state index is 0.158. The number of hydrogen-bond acceptors (Lipinski definition) is 5. The van der Waals surface area contributed by atoms with Gasteiger partial charge in [0.2, 0.25) is 0 Å². The lowest BCUT2D eigenvalue weighted by Crippen LogP contribution is -2.40. The number of rotatable bonds is 7. The minimum atomic E-state index is -1.17. The number of unbranched alkanes of at least 4 members (excludes halogenated alkanes) is 1. The molecule has 1 atom stereocenters. The molecule has 1 aromatic rings. The van der Waals surface area contributed by atoms with E-state index in [4.69, 9.17) is 10.4 Å². The number of nitriles is 1. The van der Waals surface area contributed by atoms with Gasteiger partial charge in [0.25, 0.3) is 5.91 Å². The number of ether oxygens (including phenoxy) is 1. The van der Waals surface area contributed by atoms with Gasteiger partial charge in [0, 0.05) is 12.0 Å². The quantitative estimate of drug-likeness (QED) is 0.580. The first kappa shape index (κ1) is 17.2. The fourth-order valence-corrected chi connectivity index (χ4v) is 1.79. The number of nitrogens with zero attached hydrogens (tertiary/aromatic N) is 1. The van der Waals surface area contributed by atoms with Crippen LogP contribution in [0.3, 0.4) is 0 Å². The van der Waals surface area contributed by atoms with E-state index in [1.54, 1.807) is 0 Å². The number of carboxylic acid groups (broad SMARTS) is 1. The average Bonchev–Trinajstić information content (AvgIpc) is 2.53. The summed E-state index contributed by atoms with van der Waals surface area (Å²) in [5.74, 6) is -2.36. The predicted molar refractivity (Wildman–Crippen MR) is 76.1 cm³/mol. The second-order valence-corrected chi connectivity index (χ2v) is 4.49. The molecule has 7 heteroatoms. The highest BCUT2D eigenvalue weighted by molar-refractivity contribution is 5.99. The average molecular weight is 304 g/mol. The smallest absolute Gasteiger partial charge is 0.337 e. The molecular weight excluding hydrogens is 288 g/mol. The molecule has 22 heavy (non-hydrogen) atoms. The fourth-order valence-electron chi connectivity index (χ4n) is 1.79. The third-order valence-corrected chi connectivity index (χ3v) is 2.93. The monoisotopic (exact) mass is 304 g/mol. The summed E-state index contributed by atoms with van der Waals surface area (Å²) in [6.45, 7) is 0. The number of esters is 1. The lowest BCUT2D eigenvalue weighted by atomic mass is 10.1. The molecule has 0 saturated heterocycles. The zero-order valence-electron chi connectivity index (χ0n) is 12.0. The van der Waals surface area contributed by atoms with Crippen LogP contribution in [0.25, 0.3) is 0 Å². The number of carbonyl (C=O) groups excluding carboxylic acids is 2. The summed E-state index contributed by atoms with van der Waals surface area (Å²) in [5, 5.41) is 19.9. The predicted octanol–water partition coefficient (Wildman–Crippen LogP) is 1.35. The van der Waals surface area contributed by atoms with Gasteiger partial charge in [-0.2, -0.15) is 5.26 Å². The van der Waals surface area contributed by atoms with Crippen molar-refractivity contribution in [1.82, 2.24) is 5.32 Å². The molecular formula is C15H16N2O5. The van der Waals surface area contributed by atoms with Gasteiger partial charge in [0.05, 0.1) is 18.7 Å². The van der Waals surface area contributed by atoms with Gasteiger partial charge >= 0.3 is 11.9 Å². The van der Waals surface area contributed by atoms with E-state index < -0.39 is 23.9 Å². The number of methoxy groups -OCH3 is 1. The van der Waals surface area contributed by atoms with Crippen molar-refractivity contribution in [2.24, 2.45) is 0 Å². The molecule has 0 aromatic heterocycles. The van der Waals surface area contributed by atoms with E-state index in [-0.39, 0.29) is 24.0 Å². The maximum absolute atomic E-state index is 12.1. The van der Waals surface area contributed by atoms with E-state index in [2.05, 4.69) is 10.1 Å². The Bertz CT molecular complexity index is 606. The lowest BCUT2D eigenvalue weighted by molar-refractivity contribution is -0.139. The molecule has 116 valence electrons. The van der Waals surface area contributed by atoms with Crippen LogP contribution in [0.4, 0.5) is 0 Å². The fraction of sp³-hybridized carbons (Fsp3) is 0.333. The molecule has 0 aliphatic carbocycles. The second kappa shape index (κ2) is 8.42. The third kappa shape index (κ3) is 4.90. The first-order valence-corrected chi connectivity index (χ1v) is 6.58. The van der Waals surface area contributed by atoms with Crippen LogP contribution in [-0.4, -0.2) is 36.1 Å². The molecule has 0 radical (unpaired) electrons. The summed E-state index contributed by atoms with van der Waals surface area (Å²) < 4.78 is 4.56. The SMILES string of the molecule is COC(=O)c1cccc(C(=O)N[C@H](CCCC#N)C(=O)O)c1. The highest BCUT2D eigenvalue weighted by Gasteiger charge is 2.20. The lowest BCUT2D eigenvalue weighted by Gasteiger charge is -2.14. The summed E-state index contributed by atoms with van der Waals surface area (Å²) in [7, 11) is 1.23. The molecule has 2 N–H and O–H groups in total. The topological polar surface area (TPSA) is 116 Å². The normalized spacial score (nSPS) is 11.1. The Labute approximate surface area is 127 Å². The van der Waals surface area contributed by atoms with Gasteiger partial charge in [-0.1, -0.05) is 6.07 Å². The van der Waals surface area contributed by atoms with E-state index >= 15 is 0 Å². The van der Waals surface area contributed by atoms with E-state index in [1.807, 2.05) is 6.07 Å². The van der Waals surface area contributed by atoms with E-state index in [0.29, 0.717) is 6.42 Å². The second-order valence-electron chi connectivity index (χ2n) is 4.49. The third-order valence-electron chi connectivity index (χ3n) is 2.93. The standard InChI is InChI=1S/C15H16N2O5/c1-22-15(21)11-6-4-5-10(9-11)13(18)17-12(14(19)20)7-2-3-8-16/h4-6,9,12H,2-3,7H2,1H3,(H,17,18)(H,19,20)/t12-/m1/s1. The van der Waals surface area contributed by atoms with Crippen molar-refractivity contribution in [2.45, 2.75) is 25.3 Å². The van der Waals surface area contributed by atoms with Crippen LogP contribution in [0.5, 0.6) is 0 Å². The first-order valence-electron chi connectivity index (χ1n) is 6.58. The maximum Gasteiger partial charge on any atom is 0.337 e. The molecule has 0 fully saturated rings. The Morgan fingerprint density at radius 2 is 2.05 bits per heavy atom. The summed E-state index contributed by atoms with van der Waals surface area (Å²) in [4.78, 5) is 34.6. The summed E-state index contributed by atoms with van der Waals surface area (Å²) in [6.07, 6.45) is 0.749. The van der Waals surface area contributed by atoms with Crippen molar-refractivity contribution in [1.29, 1.82) is 5.26 Å². The zero-order valence-corrected chi connectivity index (χ0v) is 12.0. The van der Waals surface area contributed by atoms with Crippen LogP contribution < -0.4 is 5.32 Å². The van der Waals surface area contributed by atoms with Gasteiger partial charge in [-0.15, -0.1) is 0 Å². The van der Waals surface area contributed by atoms with Crippen molar-refractivity contribution >= 4 is 17.8 Å². The summed E-state index contributed by atoms with van der Waals surface area (Å²) in [5.41, 5.74) is 0.362. The molecule has 0 aliphatic heterocycles. The van der Waals surface area contributed by atoms with Crippen LogP contribution in [0.15, 0.2) is 24.3 Å². The van der Waals surface area contributed by atoms with Crippen molar-refractivity contribution in [3.05, 3.63) is 35.4 Å². The van der Waals surface area contributed by atoms with Gasteiger partial charge in [-0.05, 0) is 31.0 Å². The van der Waals surface area contributed by atoms with Crippen LogP contribution >= 0.6 is 0 Å². The van der Waals surface area contributed by atoms with Crippen molar-refractivity contribution in [3.8, 4) is 6.07 Å². The van der Waals surface area contributed by atoms with E-state index in [0.717, 1.165) is 0 Å². The van der Waals surface area contributed by atoms with Gasteiger partial charge in [-0.3, -0.25) is 4.79 Å². The Kier molecular flexibility index (Phi) is 6.57. The van der Waals surface area contributed by atoms with Gasteiger partial charge < -0.3 is 15.2 Å². The van der Waals surface area contributed by atoms with Crippen LogP contribution in [0, 0.1) is 11.3 Å². The molecule has 0 bridgehead atoms. The minimum Gasteiger partial charge on any atom is -0.480 e. The molecule has 1 amide bonds. The number of carbonyl (C=O) groups is 3. The Morgan fingerprint density at radius 3 is 2.64 bits per heavy atom. The highest BCUT2D eigenvalue weighted by atomic mass is 16.5. The Hall–Kier alpha value is -2.88. The summed E-state index contributed by atoms with van der Waals surface area (Å²) >= 11 is 0. The van der Waals surface area contributed by atoms with Crippen molar-refractivity contribution < 1.29 is 24.2 Å². The molecule has 0 spiro atoms. The molecule has 7 nitrogen and oxygen atoms in total. The first-order chi connectivity index (χ1) is 10.5. The van der Waals surface area contributed by atoms with Gasteiger partial charge in [0.15, 0.2) is 0 Å². The zero-order chi connectivity index (χ0) is 16.5. The van der Waals surface area contributed by atoms with Crippen molar-refractivity contribution in [2.75, 3.05) is 7.11 Å². The summed E-state index contributed by atoms with van der Waals surface area (Å²) in [6, 6.07) is 6.63. The molecule has 0 heterocycles. The number of carboxylic acids is 1. The maximum atomic E-state index is 12.1. The van der Waals surface area contributed by atoms with Crippen LogP contribution in [0.2, 0.25) is 0 Å². The number of amides is 1. The van der Waals surface area contributed by atoms with Crippen LogP contribution in [-0.2, 0) is 9.53 Å². The van der Waals surface area contributed by atoms with E-state index in [9.17, 15) is 14.4 Å². The van der Waals surface area contributed by atoms with E-state index in [1.165, 1.54) is 31.4 Å². The molecule has 0 aliphatic rings. The van der Waals surface area contributed by atoms with Gasteiger partial charge in [-0.25, -0.2) is 9.59 Å². The molecule has 0 unspecified atom stereocenters. The van der Waals surface area contributed by atoms with Gasteiger partial charge in [0.1, 0.15) is 6.04 Å². The highest BCUT2D eigenvalue weighted by Crippen LogP contribution is 2.08. The molecule has 1 aromatic carbocycles. The Morgan fingerprint density at radius 1 is 1.36 bits per heavy atom. The largest absolute Gasteiger partial charge is 0.480 e. The molecule has 0 saturated carbocycles. The number of nitrogens with one attached hydrogen (secondary N) is 1.